The van der Waals surface area contributed by atoms with Crippen LogP contribution in [-0.2, 0) is 18.3 Å². The van der Waals surface area contributed by atoms with E-state index in [2.05, 4.69) is 6.92 Å². The molecule has 0 heterocycles. The van der Waals surface area contributed by atoms with Crippen LogP contribution in [0.25, 0.3) is 0 Å². The number of phosphoric ester groups is 1. The van der Waals surface area contributed by atoms with Gasteiger partial charge in [0.25, 0.3) is 0 Å². The maximum atomic E-state index is 11.7. The summed E-state index contributed by atoms with van der Waals surface area (Å²) >= 11 is 0. The number of aliphatic hydroxyl groups excluding tert-OH is 1. The zero-order valence-electron chi connectivity index (χ0n) is 18.6. The molecule has 0 saturated heterocycles. The lowest BCUT2D eigenvalue weighted by molar-refractivity contribution is -0.870. The Morgan fingerprint density at radius 2 is 1.36 bits per heavy atom. The molecule has 0 aliphatic rings. The van der Waals surface area contributed by atoms with Crippen LogP contribution in [0.1, 0.15) is 71.1 Å². The second kappa shape index (κ2) is 16.8. The molecule has 0 saturated carbocycles. The smallest absolute Gasteiger partial charge is 0.388 e. The van der Waals surface area contributed by atoms with Crippen molar-refractivity contribution in [2.45, 2.75) is 77.2 Å². The fourth-order valence-corrected chi connectivity index (χ4v) is 3.35. The van der Waals surface area contributed by atoms with E-state index in [9.17, 15) is 14.6 Å². The molecule has 0 amide bonds. The summed E-state index contributed by atoms with van der Waals surface area (Å²) in [7, 11) is 1.75. The molecule has 0 aliphatic carbocycles. The highest BCUT2D eigenvalue weighted by molar-refractivity contribution is 7.47. The van der Waals surface area contributed by atoms with Gasteiger partial charge in [0.1, 0.15) is 19.3 Å². The molecule has 2 atom stereocenters. The normalized spacial score (nSPS) is 15.5. The van der Waals surface area contributed by atoms with E-state index in [1.165, 1.54) is 51.4 Å². The van der Waals surface area contributed by atoms with Gasteiger partial charge in [-0.2, -0.15) is 0 Å². The molecule has 8 heteroatoms. The van der Waals surface area contributed by atoms with Gasteiger partial charge in [-0.1, -0.05) is 64.7 Å². The molecule has 0 rings (SSSR count). The van der Waals surface area contributed by atoms with Crippen molar-refractivity contribution in [3.63, 3.8) is 0 Å². The maximum absolute atomic E-state index is 11.7. The number of unbranched alkanes of at least 4 members (excludes halogenated alkanes) is 9. The van der Waals surface area contributed by atoms with Crippen LogP contribution in [0, 0.1) is 0 Å². The van der Waals surface area contributed by atoms with Crippen molar-refractivity contribution in [2.75, 3.05) is 54.1 Å². The van der Waals surface area contributed by atoms with Crippen molar-refractivity contribution in [3.05, 3.63) is 0 Å². The molecule has 0 aliphatic heterocycles. The molecule has 7 nitrogen and oxygen atoms in total. The third-order valence-corrected chi connectivity index (χ3v) is 5.38. The van der Waals surface area contributed by atoms with Crippen LogP contribution in [0.5, 0.6) is 0 Å². The van der Waals surface area contributed by atoms with Gasteiger partial charge in [0.05, 0.1) is 34.4 Å². The second-order valence-corrected chi connectivity index (χ2v) is 9.98. The van der Waals surface area contributed by atoms with Crippen molar-refractivity contribution in [2.24, 2.45) is 0 Å². The van der Waals surface area contributed by atoms with Crippen LogP contribution in [0.4, 0.5) is 0 Å². The summed E-state index contributed by atoms with van der Waals surface area (Å²) in [6, 6.07) is 0. The minimum absolute atomic E-state index is 0.0936. The molecular weight excluding hydrogens is 381 g/mol. The summed E-state index contributed by atoms with van der Waals surface area (Å²) in [4.78, 5) is 9.59. The number of hydrogen-bond donors (Lipinski definition) is 2. The first-order valence-corrected chi connectivity index (χ1v) is 12.3. The van der Waals surface area contributed by atoms with E-state index in [0.29, 0.717) is 17.6 Å². The standard InChI is InChI=1S/C20H44NO6P/c1-5-6-7-8-9-10-11-12-13-14-16-25-18-20(22)19-27-28(23,24)26-17-15-21(2,3)4/h20,22H,5-19H2,1-4H3/p+1/t20-/m1/s1. The minimum atomic E-state index is -4.13. The second-order valence-electron chi connectivity index (χ2n) is 8.52. The van der Waals surface area contributed by atoms with Crippen molar-refractivity contribution in [1.82, 2.24) is 0 Å². The fourth-order valence-electron chi connectivity index (χ4n) is 2.61. The number of phosphoric acid groups is 1. The lowest BCUT2D eigenvalue weighted by Crippen LogP contribution is -2.37. The molecule has 0 spiro atoms. The van der Waals surface area contributed by atoms with Crippen LogP contribution < -0.4 is 0 Å². The predicted molar refractivity (Wildman–Crippen MR) is 113 cm³/mol. The molecule has 0 aromatic rings. The Morgan fingerprint density at radius 1 is 0.821 bits per heavy atom. The Balaban J connectivity index is 3.49. The van der Waals surface area contributed by atoms with Crippen molar-refractivity contribution < 1.29 is 32.8 Å². The monoisotopic (exact) mass is 426 g/mol. The minimum Gasteiger partial charge on any atom is -0.388 e. The van der Waals surface area contributed by atoms with Gasteiger partial charge in [0, 0.05) is 6.61 Å². The summed E-state index contributed by atoms with van der Waals surface area (Å²) in [5.74, 6) is 0. The molecule has 0 aromatic carbocycles. The fraction of sp³-hybridized carbons (Fsp3) is 1.00. The lowest BCUT2D eigenvalue weighted by Gasteiger charge is -2.24. The molecule has 0 aromatic heterocycles. The quantitative estimate of drug-likeness (QED) is 0.173. The van der Waals surface area contributed by atoms with Gasteiger partial charge in [0.15, 0.2) is 0 Å². The van der Waals surface area contributed by atoms with Gasteiger partial charge < -0.3 is 19.2 Å². The highest BCUT2D eigenvalue weighted by Crippen LogP contribution is 2.43. The van der Waals surface area contributed by atoms with Gasteiger partial charge in [-0.3, -0.25) is 9.05 Å². The van der Waals surface area contributed by atoms with E-state index in [1.54, 1.807) is 0 Å². The molecule has 0 radical (unpaired) electrons. The lowest BCUT2D eigenvalue weighted by atomic mass is 10.1. The Kier molecular flexibility index (Phi) is 16.7. The van der Waals surface area contributed by atoms with Crippen molar-refractivity contribution in [3.8, 4) is 0 Å². The number of aliphatic hydroxyl groups is 1. The van der Waals surface area contributed by atoms with Crippen molar-refractivity contribution >= 4 is 7.82 Å². The van der Waals surface area contributed by atoms with E-state index in [1.807, 2.05) is 21.1 Å². The summed E-state index contributed by atoms with van der Waals surface area (Å²) in [6.07, 6.45) is 11.7. The SMILES string of the molecule is CCCCCCCCCCCCOC[C@@H](O)COP(=O)(O)OCC[N+](C)(C)C. The van der Waals surface area contributed by atoms with Crippen LogP contribution in [0.3, 0.4) is 0 Å². The van der Waals surface area contributed by atoms with Gasteiger partial charge in [-0.25, -0.2) is 4.57 Å². The number of nitrogens with zero attached hydrogens (tertiary/aromatic N) is 1. The largest absolute Gasteiger partial charge is 0.472 e. The third-order valence-electron chi connectivity index (χ3n) is 4.40. The number of ether oxygens (including phenoxy) is 1. The molecule has 0 bridgehead atoms. The first kappa shape index (κ1) is 28.0. The van der Waals surface area contributed by atoms with Crippen LogP contribution in [-0.4, -0.2) is 74.7 Å². The maximum Gasteiger partial charge on any atom is 0.472 e. The van der Waals surface area contributed by atoms with Crippen molar-refractivity contribution in [1.29, 1.82) is 0 Å². The number of hydrogen-bond acceptors (Lipinski definition) is 5. The Labute approximate surface area is 172 Å². The Bertz CT molecular complexity index is 403. The Hall–Kier alpha value is -0.0100. The van der Waals surface area contributed by atoms with E-state index in [-0.39, 0.29) is 19.8 Å². The van der Waals surface area contributed by atoms with E-state index >= 15 is 0 Å². The van der Waals surface area contributed by atoms with Gasteiger partial charge >= 0.3 is 7.82 Å². The highest BCUT2D eigenvalue weighted by atomic mass is 31.2. The molecular formula is C20H45NO6P+. The molecule has 28 heavy (non-hydrogen) atoms. The average Bonchev–Trinajstić information content (AvgIpc) is 2.59. The predicted octanol–water partition coefficient (Wildman–Crippen LogP) is 4.12. The average molecular weight is 427 g/mol. The first-order chi connectivity index (χ1) is 13.2. The molecule has 0 fully saturated rings. The van der Waals surface area contributed by atoms with Gasteiger partial charge in [-0.15, -0.1) is 0 Å². The summed E-state index contributed by atoms with van der Waals surface area (Å²) in [5, 5.41) is 9.79. The number of rotatable bonds is 20. The number of quaternary nitrogens is 1. The summed E-state index contributed by atoms with van der Waals surface area (Å²) < 4.78 is 27.5. The third kappa shape index (κ3) is 20.7. The summed E-state index contributed by atoms with van der Waals surface area (Å²) in [6.45, 7) is 3.33. The van der Waals surface area contributed by atoms with E-state index < -0.39 is 13.9 Å². The highest BCUT2D eigenvalue weighted by Gasteiger charge is 2.24. The van der Waals surface area contributed by atoms with Crippen LogP contribution >= 0.6 is 7.82 Å². The summed E-state index contributed by atoms with van der Waals surface area (Å²) in [5.41, 5.74) is 0. The number of likely N-dealkylation sites (N-methyl/N-ethyl adjacent to an activating group) is 1. The molecule has 170 valence electrons. The van der Waals surface area contributed by atoms with Crippen LogP contribution in [0.2, 0.25) is 0 Å². The topological polar surface area (TPSA) is 85.2 Å². The molecule has 1 unspecified atom stereocenters. The van der Waals surface area contributed by atoms with Gasteiger partial charge in [-0.05, 0) is 6.42 Å². The van der Waals surface area contributed by atoms with Crippen LogP contribution in [0.15, 0.2) is 0 Å². The van der Waals surface area contributed by atoms with E-state index in [4.69, 9.17) is 13.8 Å². The zero-order chi connectivity index (χ0) is 21.3. The van der Waals surface area contributed by atoms with E-state index in [0.717, 1.165) is 12.8 Å². The Morgan fingerprint density at radius 3 is 1.89 bits per heavy atom. The van der Waals surface area contributed by atoms with Gasteiger partial charge in [0.2, 0.25) is 0 Å². The zero-order valence-corrected chi connectivity index (χ0v) is 19.5. The molecule has 2 N–H and O–H groups in total. The first-order valence-electron chi connectivity index (χ1n) is 10.8.